The van der Waals surface area contributed by atoms with E-state index < -0.39 is 0 Å². The summed E-state index contributed by atoms with van der Waals surface area (Å²) in [4.78, 5) is 6.74. The van der Waals surface area contributed by atoms with Gasteiger partial charge in [0, 0.05) is 48.2 Å². The largest absolute Gasteiger partial charge is 0.496 e. The van der Waals surface area contributed by atoms with Crippen molar-refractivity contribution in [3.63, 3.8) is 0 Å². The van der Waals surface area contributed by atoms with E-state index in [1.165, 1.54) is 11.1 Å². The Morgan fingerprint density at radius 1 is 1.03 bits per heavy atom. The lowest BCUT2D eigenvalue weighted by atomic mass is 9.78. The van der Waals surface area contributed by atoms with E-state index in [-0.39, 0.29) is 17.7 Å². The number of piperidine rings is 1. The fourth-order valence-electron chi connectivity index (χ4n) is 4.85. The van der Waals surface area contributed by atoms with Crippen LogP contribution in [0.15, 0.2) is 42.7 Å². The minimum absolute atomic E-state index is 0.0191. The van der Waals surface area contributed by atoms with Crippen LogP contribution in [0.2, 0.25) is 0 Å². The highest BCUT2D eigenvalue weighted by Gasteiger charge is 2.39. The van der Waals surface area contributed by atoms with Gasteiger partial charge in [-0.25, -0.2) is 0 Å². The molecule has 2 N–H and O–H groups in total. The Balaban J connectivity index is 1.89. The summed E-state index contributed by atoms with van der Waals surface area (Å²) in [5, 5.41) is 13.5. The molecule has 0 unspecified atom stereocenters. The molecule has 0 amide bonds. The summed E-state index contributed by atoms with van der Waals surface area (Å²) >= 11 is 0. The fraction of sp³-hybridized carbons (Fsp3) is 0.542. The predicted molar refractivity (Wildman–Crippen MR) is 117 cm³/mol. The number of aliphatic hydroxyl groups excluding tert-OH is 1. The first kappa shape index (κ1) is 21.8. The van der Waals surface area contributed by atoms with Gasteiger partial charge in [0.1, 0.15) is 5.75 Å². The molecular formula is C24H35N3O2. The zero-order valence-electron chi connectivity index (χ0n) is 18.4. The SMILES string of the molecule is COc1ccc(CN(Cc2ccncc2)C2CC(C)(C)NC(C)(C)C2)cc1CO. The summed E-state index contributed by atoms with van der Waals surface area (Å²) in [6.45, 7) is 10.9. The van der Waals surface area contributed by atoms with Gasteiger partial charge in [0.05, 0.1) is 13.7 Å². The van der Waals surface area contributed by atoms with Gasteiger partial charge in [0.15, 0.2) is 0 Å². The van der Waals surface area contributed by atoms with E-state index in [0.29, 0.717) is 6.04 Å². The third kappa shape index (κ3) is 5.78. The van der Waals surface area contributed by atoms with Crippen molar-refractivity contribution >= 4 is 0 Å². The van der Waals surface area contributed by atoms with E-state index in [2.05, 4.69) is 67.2 Å². The molecule has 0 radical (unpaired) electrons. The molecule has 0 spiro atoms. The van der Waals surface area contributed by atoms with Crippen molar-refractivity contribution in [1.29, 1.82) is 0 Å². The number of ether oxygens (including phenoxy) is 1. The molecule has 1 saturated heterocycles. The molecule has 5 nitrogen and oxygen atoms in total. The normalized spacial score (nSPS) is 18.7. The predicted octanol–water partition coefficient (Wildman–Crippen LogP) is 3.89. The van der Waals surface area contributed by atoms with E-state index in [1.807, 2.05) is 18.5 Å². The van der Waals surface area contributed by atoms with Gasteiger partial charge in [-0.2, -0.15) is 0 Å². The van der Waals surface area contributed by atoms with Crippen LogP contribution < -0.4 is 10.1 Å². The quantitative estimate of drug-likeness (QED) is 0.742. The third-order valence-corrected chi connectivity index (χ3v) is 5.72. The molecule has 0 bridgehead atoms. The van der Waals surface area contributed by atoms with E-state index in [1.54, 1.807) is 7.11 Å². The number of methoxy groups -OCH3 is 1. The van der Waals surface area contributed by atoms with Gasteiger partial charge in [-0.1, -0.05) is 6.07 Å². The van der Waals surface area contributed by atoms with Crippen molar-refractivity contribution in [2.24, 2.45) is 0 Å². The van der Waals surface area contributed by atoms with Crippen LogP contribution in [0.4, 0.5) is 0 Å². The van der Waals surface area contributed by atoms with Crippen LogP contribution in [-0.2, 0) is 19.7 Å². The number of pyridine rings is 1. The van der Waals surface area contributed by atoms with Crippen molar-refractivity contribution in [1.82, 2.24) is 15.2 Å². The molecule has 1 aliphatic rings. The van der Waals surface area contributed by atoms with Crippen LogP contribution in [0, 0.1) is 0 Å². The van der Waals surface area contributed by atoms with Crippen molar-refractivity contribution in [3.05, 3.63) is 59.4 Å². The lowest BCUT2D eigenvalue weighted by Gasteiger charge is -2.49. The van der Waals surface area contributed by atoms with Gasteiger partial charge in [-0.15, -0.1) is 0 Å². The van der Waals surface area contributed by atoms with Crippen molar-refractivity contribution in [2.75, 3.05) is 7.11 Å². The Hall–Kier alpha value is -1.95. The number of aliphatic hydroxyl groups is 1. The summed E-state index contributed by atoms with van der Waals surface area (Å²) in [6.07, 6.45) is 5.90. The van der Waals surface area contributed by atoms with Crippen LogP contribution >= 0.6 is 0 Å². The molecule has 1 aliphatic heterocycles. The van der Waals surface area contributed by atoms with Crippen molar-refractivity contribution in [3.8, 4) is 5.75 Å². The van der Waals surface area contributed by atoms with Gasteiger partial charge in [-0.3, -0.25) is 9.88 Å². The molecular weight excluding hydrogens is 362 g/mol. The first-order valence-electron chi connectivity index (χ1n) is 10.4. The topological polar surface area (TPSA) is 57.6 Å². The average molecular weight is 398 g/mol. The summed E-state index contributed by atoms with van der Waals surface area (Å²) in [5.74, 6) is 0.737. The van der Waals surface area contributed by atoms with E-state index >= 15 is 0 Å². The first-order chi connectivity index (χ1) is 13.7. The zero-order chi connectivity index (χ0) is 21.1. The van der Waals surface area contributed by atoms with E-state index in [9.17, 15) is 5.11 Å². The molecule has 2 aromatic rings. The van der Waals surface area contributed by atoms with Crippen molar-refractivity contribution < 1.29 is 9.84 Å². The molecule has 1 fully saturated rings. The van der Waals surface area contributed by atoms with Crippen LogP contribution in [0.5, 0.6) is 5.75 Å². The highest BCUT2D eigenvalue weighted by Crippen LogP contribution is 2.33. The summed E-state index contributed by atoms with van der Waals surface area (Å²) in [7, 11) is 1.64. The number of aromatic nitrogens is 1. The minimum atomic E-state index is -0.0191. The van der Waals surface area contributed by atoms with Gasteiger partial charge < -0.3 is 15.2 Å². The molecule has 29 heavy (non-hydrogen) atoms. The van der Waals surface area contributed by atoms with Gasteiger partial charge >= 0.3 is 0 Å². The lowest BCUT2D eigenvalue weighted by molar-refractivity contribution is 0.0563. The molecule has 0 saturated carbocycles. The van der Waals surface area contributed by atoms with Crippen LogP contribution in [0.1, 0.15) is 57.2 Å². The van der Waals surface area contributed by atoms with E-state index in [4.69, 9.17) is 4.74 Å². The maximum absolute atomic E-state index is 9.72. The number of rotatable bonds is 7. The van der Waals surface area contributed by atoms with Crippen LogP contribution in [-0.4, -0.2) is 39.2 Å². The molecule has 0 aliphatic carbocycles. The Morgan fingerprint density at radius 2 is 1.66 bits per heavy atom. The second-order valence-corrected chi connectivity index (χ2v) is 9.52. The second-order valence-electron chi connectivity index (χ2n) is 9.52. The van der Waals surface area contributed by atoms with E-state index in [0.717, 1.165) is 37.2 Å². The van der Waals surface area contributed by atoms with Gasteiger partial charge in [-0.05, 0) is 75.9 Å². The van der Waals surface area contributed by atoms with Crippen LogP contribution in [0.25, 0.3) is 0 Å². The summed E-state index contributed by atoms with van der Waals surface area (Å²) < 4.78 is 5.37. The number of hydrogen-bond donors (Lipinski definition) is 2. The fourth-order valence-corrected chi connectivity index (χ4v) is 4.85. The molecule has 158 valence electrons. The van der Waals surface area contributed by atoms with Crippen LogP contribution in [0.3, 0.4) is 0 Å². The molecule has 1 aromatic carbocycles. The highest BCUT2D eigenvalue weighted by atomic mass is 16.5. The monoisotopic (exact) mass is 397 g/mol. The van der Waals surface area contributed by atoms with Gasteiger partial charge in [0.2, 0.25) is 0 Å². The average Bonchev–Trinajstić information content (AvgIpc) is 2.65. The smallest absolute Gasteiger partial charge is 0.124 e. The molecule has 5 heteroatoms. The summed E-state index contributed by atoms with van der Waals surface area (Å²) in [5.41, 5.74) is 3.46. The maximum atomic E-state index is 9.72. The Labute approximate surface area is 175 Å². The zero-order valence-corrected chi connectivity index (χ0v) is 18.4. The molecule has 0 atom stereocenters. The Kier molecular flexibility index (Phi) is 6.62. The number of nitrogens with zero attached hydrogens (tertiary/aromatic N) is 2. The maximum Gasteiger partial charge on any atom is 0.124 e. The highest BCUT2D eigenvalue weighted by molar-refractivity contribution is 5.37. The van der Waals surface area contributed by atoms with Crippen molar-refractivity contribution in [2.45, 2.75) is 77.4 Å². The minimum Gasteiger partial charge on any atom is -0.496 e. The molecule has 3 rings (SSSR count). The lowest BCUT2D eigenvalue weighted by Crippen LogP contribution is -2.62. The Bertz CT molecular complexity index is 789. The third-order valence-electron chi connectivity index (χ3n) is 5.72. The molecule has 1 aromatic heterocycles. The molecule has 2 heterocycles. The second kappa shape index (κ2) is 8.82. The van der Waals surface area contributed by atoms with Gasteiger partial charge in [0.25, 0.3) is 0 Å². The first-order valence-corrected chi connectivity index (χ1v) is 10.4. The number of benzene rings is 1. The standard InChI is InChI=1S/C24H35N3O2/c1-23(2)13-21(14-24(3,4)26-23)27(15-18-8-10-25-11-9-18)16-19-6-7-22(29-5)20(12-19)17-28/h6-12,21,26,28H,13-17H2,1-5H3. The summed E-state index contributed by atoms with van der Waals surface area (Å²) in [6, 6.07) is 10.8. The Morgan fingerprint density at radius 3 is 2.24 bits per heavy atom. The number of nitrogens with one attached hydrogen (secondary N) is 1. The number of hydrogen-bond acceptors (Lipinski definition) is 5.